The third kappa shape index (κ3) is 2.63. The Bertz CT molecular complexity index is 876. The van der Waals surface area contributed by atoms with Gasteiger partial charge in [0.2, 0.25) is 11.8 Å². The van der Waals surface area contributed by atoms with E-state index >= 15 is 0 Å². The van der Waals surface area contributed by atoms with Crippen LogP contribution in [0.15, 0.2) is 24.3 Å². The van der Waals surface area contributed by atoms with Crippen molar-refractivity contribution in [2.24, 2.45) is 0 Å². The topological polar surface area (TPSA) is 107 Å². The Morgan fingerprint density at radius 3 is 2.69 bits per heavy atom. The van der Waals surface area contributed by atoms with Gasteiger partial charge in [0.15, 0.2) is 0 Å². The Labute approximate surface area is 149 Å². The molecule has 1 saturated heterocycles. The summed E-state index contributed by atoms with van der Waals surface area (Å²) in [7, 11) is 0. The molecule has 8 nitrogen and oxygen atoms in total. The number of hydrogen-bond acceptors (Lipinski definition) is 4. The molecule has 8 heteroatoms. The van der Waals surface area contributed by atoms with Crippen LogP contribution in [0.1, 0.15) is 34.3 Å². The van der Waals surface area contributed by atoms with E-state index in [-0.39, 0.29) is 18.2 Å². The van der Waals surface area contributed by atoms with Gasteiger partial charge < -0.3 is 14.9 Å². The monoisotopic (exact) mass is 355 g/mol. The Morgan fingerprint density at radius 2 is 2.00 bits per heavy atom. The van der Waals surface area contributed by atoms with Crippen molar-refractivity contribution in [2.75, 3.05) is 13.1 Å². The van der Waals surface area contributed by atoms with E-state index in [1.165, 1.54) is 9.80 Å². The maximum absolute atomic E-state index is 12.7. The minimum Gasteiger partial charge on any atom is -0.465 e. The summed E-state index contributed by atoms with van der Waals surface area (Å²) in [5.74, 6) is -0.958. The van der Waals surface area contributed by atoms with Crippen molar-refractivity contribution in [1.29, 1.82) is 0 Å². The normalized spacial score (nSPS) is 22.4. The van der Waals surface area contributed by atoms with E-state index in [2.05, 4.69) is 5.32 Å². The molecule has 1 unspecified atom stereocenters. The number of carbonyl (C=O) groups is 4. The quantitative estimate of drug-likeness (QED) is 0.764. The minimum absolute atomic E-state index is 0.214. The largest absolute Gasteiger partial charge is 0.465 e. The average molecular weight is 355 g/mol. The Morgan fingerprint density at radius 1 is 1.19 bits per heavy atom. The molecule has 26 heavy (non-hydrogen) atoms. The molecule has 3 aliphatic rings. The third-order valence-electron chi connectivity index (χ3n) is 5.08. The number of imide groups is 1. The highest BCUT2D eigenvalue weighted by Gasteiger charge is 2.39. The van der Waals surface area contributed by atoms with E-state index in [4.69, 9.17) is 5.11 Å². The first kappa shape index (κ1) is 16.3. The number of hydrogen-bond donors (Lipinski definition) is 2. The van der Waals surface area contributed by atoms with Gasteiger partial charge in [-0.15, -0.1) is 0 Å². The fraction of sp³-hybridized carbons (Fsp3) is 0.333. The van der Waals surface area contributed by atoms with Crippen LogP contribution < -0.4 is 5.32 Å². The zero-order chi connectivity index (χ0) is 18.4. The van der Waals surface area contributed by atoms with Crippen molar-refractivity contribution in [3.05, 3.63) is 41.0 Å². The molecule has 1 aromatic carbocycles. The van der Waals surface area contributed by atoms with Crippen molar-refractivity contribution in [3.8, 4) is 0 Å². The Kier molecular flexibility index (Phi) is 3.75. The van der Waals surface area contributed by atoms with Gasteiger partial charge >= 0.3 is 6.09 Å². The smallest absolute Gasteiger partial charge is 0.407 e. The highest BCUT2D eigenvalue weighted by molar-refractivity contribution is 6.05. The third-order valence-corrected chi connectivity index (χ3v) is 5.08. The highest BCUT2D eigenvalue weighted by atomic mass is 16.4. The first-order chi connectivity index (χ1) is 12.4. The van der Waals surface area contributed by atoms with E-state index in [0.717, 1.165) is 16.7 Å². The zero-order valence-electron chi connectivity index (χ0n) is 13.9. The minimum atomic E-state index is -0.961. The van der Waals surface area contributed by atoms with E-state index < -0.39 is 18.0 Å². The van der Waals surface area contributed by atoms with Crippen LogP contribution in [0.3, 0.4) is 0 Å². The molecule has 134 valence electrons. The molecule has 3 heterocycles. The van der Waals surface area contributed by atoms with Crippen LogP contribution in [-0.4, -0.2) is 57.9 Å². The van der Waals surface area contributed by atoms with Crippen LogP contribution in [-0.2, 0) is 16.1 Å². The van der Waals surface area contributed by atoms with Crippen LogP contribution in [0, 0.1) is 0 Å². The Hall–Kier alpha value is -3.16. The zero-order valence-corrected chi connectivity index (χ0v) is 13.9. The molecule has 0 bridgehead atoms. The second-order valence-corrected chi connectivity index (χ2v) is 6.66. The number of fused-ring (bicyclic) bond motifs is 1. The summed E-state index contributed by atoms with van der Waals surface area (Å²) in [4.78, 5) is 49.9. The van der Waals surface area contributed by atoms with Gasteiger partial charge in [-0.3, -0.25) is 19.7 Å². The molecule has 1 fully saturated rings. The SMILES string of the molecule is O=C1CCC(N2Cc3cc(C4=CCN(C(=O)O)C4)ccc3C2=O)C(=O)N1. The van der Waals surface area contributed by atoms with Crippen molar-refractivity contribution in [1.82, 2.24) is 15.1 Å². The molecule has 1 atom stereocenters. The number of nitrogens with one attached hydrogen (secondary N) is 1. The van der Waals surface area contributed by atoms with E-state index in [9.17, 15) is 19.2 Å². The molecule has 0 radical (unpaired) electrons. The van der Waals surface area contributed by atoms with Crippen molar-refractivity contribution >= 4 is 29.4 Å². The summed E-state index contributed by atoms with van der Waals surface area (Å²) >= 11 is 0. The maximum Gasteiger partial charge on any atom is 0.407 e. The lowest BCUT2D eigenvalue weighted by Crippen LogP contribution is -2.52. The standard InChI is InChI=1S/C18H17N3O5/c22-15-4-3-14(16(23)19-15)21-9-12-7-10(1-2-13(12)17(21)24)11-5-6-20(8-11)18(25)26/h1-2,5,7,14H,3-4,6,8-9H2,(H,25,26)(H,19,22,23). The molecular weight excluding hydrogens is 338 g/mol. The van der Waals surface area contributed by atoms with Crippen molar-refractivity contribution < 1.29 is 24.3 Å². The first-order valence-electron chi connectivity index (χ1n) is 8.39. The van der Waals surface area contributed by atoms with Gasteiger partial charge in [0.25, 0.3) is 5.91 Å². The number of carbonyl (C=O) groups excluding carboxylic acids is 3. The van der Waals surface area contributed by atoms with Gasteiger partial charge in [-0.1, -0.05) is 12.1 Å². The number of nitrogens with zero attached hydrogens (tertiary/aromatic N) is 2. The summed E-state index contributed by atoms with van der Waals surface area (Å²) in [5.41, 5.74) is 3.14. The van der Waals surface area contributed by atoms with Crippen LogP contribution in [0.2, 0.25) is 0 Å². The van der Waals surface area contributed by atoms with E-state index in [0.29, 0.717) is 31.6 Å². The predicted molar refractivity (Wildman–Crippen MR) is 90.1 cm³/mol. The van der Waals surface area contributed by atoms with Gasteiger partial charge in [-0.05, 0) is 35.3 Å². The molecular formula is C18H17N3O5. The molecule has 0 aliphatic carbocycles. The molecule has 0 aromatic heterocycles. The number of rotatable bonds is 2. The van der Waals surface area contributed by atoms with Crippen LogP contribution in [0.5, 0.6) is 0 Å². The van der Waals surface area contributed by atoms with Gasteiger partial charge in [0.1, 0.15) is 6.04 Å². The summed E-state index contributed by atoms with van der Waals surface area (Å²) in [6, 6.07) is 4.78. The van der Waals surface area contributed by atoms with E-state index in [1.54, 1.807) is 6.07 Å². The number of carboxylic acid groups (broad SMARTS) is 1. The summed E-state index contributed by atoms with van der Waals surface area (Å²) in [6.45, 7) is 0.978. The summed E-state index contributed by atoms with van der Waals surface area (Å²) in [5, 5.41) is 11.4. The van der Waals surface area contributed by atoms with Gasteiger partial charge in [-0.2, -0.15) is 0 Å². The van der Waals surface area contributed by atoms with Crippen molar-refractivity contribution in [3.63, 3.8) is 0 Å². The maximum atomic E-state index is 12.7. The molecule has 0 spiro atoms. The predicted octanol–water partition coefficient (Wildman–Crippen LogP) is 0.825. The van der Waals surface area contributed by atoms with Crippen LogP contribution in [0.4, 0.5) is 4.79 Å². The molecule has 4 rings (SSSR count). The highest BCUT2D eigenvalue weighted by Crippen LogP contribution is 2.31. The second-order valence-electron chi connectivity index (χ2n) is 6.66. The molecule has 2 N–H and O–H groups in total. The lowest BCUT2D eigenvalue weighted by atomic mass is 10.0. The van der Waals surface area contributed by atoms with Gasteiger partial charge in [-0.25, -0.2) is 4.79 Å². The first-order valence-corrected chi connectivity index (χ1v) is 8.39. The van der Waals surface area contributed by atoms with Crippen molar-refractivity contribution in [2.45, 2.75) is 25.4 Å². The van der Waals surface area contributed by atoms with Gasteiger partial charge in [0.05, 0.1) is 0 Å². The second kappa shape index (κ2) is 5.98. The average Bonchev–Trinajstić information content (AvgIpc) is 3.20. The molecule has 1 aromatic rings. The number of benzene rings is 1. The van der Waals surface area contributed by atoms with Gasteiger partial charge in [0, 0.05) is 31.6 Å². The fourth-order valence-corrected chi connectivity index (χ4v) is 3.68. The van der Waals surface area contributed by atoms with E-state index in [1.807, 2.05) is 18.2 Å². The molecule has 4 amide bonds. The van der Waals surface area contributed by atoms with Crippen LogP contribution in [0.25, 0.3) is 5.57 Å². The lowest BCUT2D eigenvalue weighted by molar-refractivity contribution is -0.136. The number of piperidine rings is 1. The van der Waals surface area contributed by atoms with Crippen LogP contribution >= 0.6 is 0 Å². The summed E-state index contributed by atoms with van der Waals surface area (Å²) < 4.78 is 0. The lowest BCUT2D eigenvalue weighted by Gasteiger charge is -2.29. The molecule has 0 saturated carbocycles. The number of amides is 4. The summed E-state index contributed by atoms with van der Waals surface area (Å²) in [6.07, 6.45) is 1.46. The molecule has 3 aliphatic heterocycles. The Balaban J connectivity index is 1.55. The fourth-order valence-electron chi connectivity index (χ4n) is 3.68.